The van der Waals surface area contributed by atoms with Crippen molar-refractivity contribution < 1.29 is 19.1 Å². The van der Waals surface area contributed by atoms with E-state index in [0.29, 0.717) is 12.8 Å². The van der Waals surface area contributed by atoms with Crippen molar-refractivity contribution >= 4 is 17.8 Å². The van der Waals surface area contributed by atoms with Gasteiger partial charge >= 0.3 is 5.97 Å². The Morgan fingerprint density at radius 3 is 1.07 bits per heavy atom. The maximum Gasteiger partial charge on any atom is 0.305 e. The van der Waals surface area contributed by atoms with Crippen LogP contribution in [0.2, 0.25) is 0 Å². The number of nitrogens with two attached hydrogens (primary N) is 1. The van der Waals surface area contributed by atoms with Crippen LogP contribution in [0.25, 0.3) is 0 Å². The van der Waals surface area contributed by atoms with Crippen LogP contribution >= 0.6 is 0 Å². The van der Waals surface area contributed by atoms with Crippen molar-refractivity contribution in [3.63, 3.8) is 0 Å². The third-order valence-corrected chi connectivity index (χ3v) is 9.08. The van der Waals surface area contributed by atoms with Crippen molar-refractivity contribution in [1.82, 2.24) is 5.32 Å². The Balaban J connectivity index is 3.61. The molecule has 0 fully saturated rings. The second-order valence-corrected chi connectivity index (χ2v) is 13.6. The Bertz CT molecular complexity index is 669. The SMILES string of the molecule is CCCCCCCCCCCCCCCCCC(=O)NC(COC(=O)CCCCCCCCCCCCCCCCC)C(N)=O. The number of hydrogen-bond donors (Lipinski definition) is 2. The molecule has 0 aliphatic heterocycles. The van der Waals surface area contributed by atoms with Gasteiger partial charge in [-0.15, -0.1) is 0 Å². The molecule has 0 radical (unpaired) electrons. The van der Waals surface area contributed by atoms with E-state index in [9.17, 15) is 14.4 Å². The molecule has 45 heavy (non-hydrogen) atoms. The number of carbonyl (C=O) groups is 3. The van der Waals surface area contributed by atoms with Gasteiger partial charge in [-0.25, -0.2) is 0 Å². The normalized spacial score (nSPS) is 11.9. The van der Waals surface area contributed by atoms with Gasteiger partial charge in [0.05, 0.1) is 0 Å². The predicted molar refractivity (Wildman–Crippen MR) is 191 cm³/mol. The van der Waals surface area contributed by atoms with E-state index in [0.717, 1.165) is 38.5 Å². The summed E-state index contributed by atoms with van der Waals surface area (Å²) in [6, 6.07) is -0.959. The highest BCUT2D eigenvalue weighted by Crippen LogP contribution is 2.15. The molecule has 2 amide bonds. The molecule has 0 spiro atoms. The molecule has 266 valence electrons. The minimum absolute atomic E-state index is 0.183. The van der Waals surface area contributed by atoms with Crippen LogP contribution in [0.4, 0.5) is 0 Å². The van der Waals surface area contributed by atoms with Gasteiger partial charge in [-0.1, -0.05) is 194 Å². The lowest BCUT2D eigenvalue weighted by Gasteiger charge is -2.15. The van der Waals surface area contributed by atoms with Crippen LogP contribution in [0.1, 0.15) is 219 Å². The number of esters is 1. The Morgan fingerprint density at radius 2 is 0.756 bits per heavy atom. The molecule has 0 aromatic heterocycles. The Hall–Kier alpha value is -1.59. The summed E-state index contributed by atoms with van der Waals surface area (Å²) in [6.07, 6.45) is 39.1. The molecule has 6 nitrogen and oxygen atoms in total. The molecule has 6 heteroatoms. The van der Waals surface area contributed by atoms with Crippen LogP contribution in [0.15, 0.2) is 0 Å². The molecule has 0 saturated carbocycles. The van der Waals surface area contributed by atoms with Gasteiger partial charge in [0, 0.05) is 12.8 Å². The van der Waals surface area contributed by atoms with E-state index in [1.807, 2.05) is 0 Å². The predicted octanol–water partition coefficient (Wildman–Crippen LogP) is 11.0. The summed E-state index contributed by atoms with van der Waals surface area (Å²) >= 11 is 0. The lowest BCUT2D eigenvalue weighted by molar-refractivity contribution is -0.146. The summed E-state index contributed by atoms with van der Waals surface area (Å²) in [5.74, 6) is -1.20. The Kier molecular flexibility index (Phi) is 34.0. The van der Waals surface area contributed by atoms with Gasteiger partial charge in [0.15, 0.2) is 0 Å². The van der Waals surface area contributed by atoms with Crippen LogP contribution in [-0.2, 0) is 19.1 Å². The summed E-state index contributed by atoms with van der Waals surface area (Å²) < 4.78 is 5.26. The smallest absolute Gasteiger partial charge is 0.305 e. The zero-order valence-electron chi connectivity index (χ0n) is 30.1. The summed E-state index contributed by atoms with van der Waals surface area (Å²) in [7, 11) is 0. The average Bonchev–Trinajstić information content (AvgIpc) is 3.02. The third kappa shape index (κ3) is 33.6. The Labute approximate surface area is 279 Å². The first-order chi connectivity index (χ1) is 22.0. The van der Waals surface area contributed by atoms with E-state index >= 15 is 0 Å². The van der Waals surface area contributed by atoms with Crippen molar-refractivity contribution in [3.05, 3.63) is 0 Å². The highest BCUT2D eigenvalue weighted by atomic mass is 16.5. The molecule has 3 N–H and O–H groups in total. The number of rotatable bonds is 36. The van der Waals surface area contributed by atoms with Gasteiger partial charge in [-0.2, -0.15) is 0 Å². The van der Waals surface area contributed by atoms with Crippen LogP contribution in [0.3, 0.4) is 0 Å². The summed E-state index contributed by atoms with van der Waals surface area (Å²) in [6.45, 7) is 4.35. The zero-order valence-corrected chi connectivity index (χ0v) is 30.1. The van der Waals surface area contributed by atoms with Crippen molar-refractivity contribution in [3.8, 4) is 0 Å². The summed E-state index contributed by atoms with van der Waals surface area (Å²) in [5.41, 5.74) is 5.45. The number of unbranched alkanes of at least 4 members (excludes halogenated alkanes) is 28. The van der Waals surface area contributed by atoms with Gasteiger partial charge in [-0.05, 0) is 12.8 Å². The number of carbonyl (C=O) groups excluding carboxylic acids is 3. The van der Waals surface area contributed by atoms with Crippen LogP contribution in [0.5, 0.6) is 0 Å². The van der Waals surface area contributed by atoms with Crippen LogP contribution in [0, 0.1) is 0 Å². The van der Waals surface area contributed by atoms with Gasteiger partial charge in [0.1, 0.15) is 12.6 Å². The standard InChI is InChI=1S/C39H76N2O4/c1-3-5-7-9-11-13-15-17-19-21-23-25-27-29-31-33-37(42)41-36(39(40)44)35-45-38(43)34-32-30-28-26-24-22-20-18-16-14-12-10-8-6-4-2/h36H,3-35H2,1-2H3,(H2,40,44)(H,41,42). The number of primary amides is 1. The highest BCUT2D eigenvalue weighted by Gasteiger charge is 2.20. The van der Waals surface area contributed by atoms with Gasteiger partial charge in [0.25, 0.3) is 0 Å². The molecule has 1 atom stereocenters. The van der Waals surface area contributed by atoms with E-state index in [1.165, 1.54) is 154 Å². The van der Waals surface area contributed by atoms with E-state index in [4.69, 9.17) is 10.5 Å². The van der Waals surface area contributed by atoms with Crippen molar-refractivity contribution in [2.24, 2.45) is 5.73 Å². The van der Waals surface area contributed by atoms with Gasteiger partial charge in [-0.3, -0.25) is 14.4 Å². The molecule has 0 aromatic carbocycles. The topological polar surface area (TPSA) is 98.5 Å². The summed E-state index contributed by atoms with van der Waals surface area (Å²) in [4.78, 5) is 36.2. The fraction of sp³-hybridized carbons (Fsp3) is 0.923. The first kappa shape index (κ1) is 43.4. The van der Waals surface area contributed by atoms with Gasteiger partial charge < -0.3 is 15.8 Å². The molecule has 0 saturated heterocycles. The first-order valence-electron chi connectivity index (χ1n) is 19.8. The zero-order chi connectivity index (χ0) is 33.1. The van der Waals surface area contributed by atoms with E-state index in [1.54, 1.807) is 0 Å². The molecule has 0 aromatic rings. The minimum Gasteiger partial charge on any atom is -0.463 e. The van der Waals surface area contributed by atoms with Crippen molar-refractivity contribution in [2.75, 3.05) is 6.61 Å². The number of ether oxygens (including phenoxy) is 1. The summed E-state index contributed by atoms with van der Waals surface area (Å²) in [5, 5.41) is 2.65. The molecule has 0 aliphatic rings. The van der Waals surface area contributed by atoms with E-state index < -0.39 is 11.9 Å². The minimum atomic E-state index is -0.959. The molecule has 0 aliphatic carbocycles. The Morgan fingerprint density at radius 1 is 0.467 bits per heavy atom. The molecule has 0 rings (SSSR count). The maximum absolute atomic E-state index is 12.3. The molecule has 0 bridgehead atoms. The largest absolute Gasteiger partial charge is 0.463 e. The quantitative estimate of drug-likeness (QED) is 0.0528. The second-order valence-electron chi connectivity index (χ2n) is 13.6. The molecule has 1 unspecified atom stereocenters. The van der Waals surface area contributed by atoms with Crippen LogP contribution in [-0.4, -0.2) is 30.4 Å². The van der Waals surface area contributed by atoms with Crippen molar-refractivity contribution in [2.45, 2.75) is 225 Å². The molecular formula is C39H76N2O4. The third-order valence-electron chi connectivity index (χ3n) is 9.08. The van der Waals surface area contributed by atoms with Crippen LogP contribution < -0.4 is 11.1 Å². The first-order valence-corrected chi connectivity index (χ1v) is 19.8. The average molecular weight is 637 g/mol. The monoisotopic (exact) mass is 637 g/mol. The second kappa shape index (κ2) is 35.3. The molecule has 0 heterocycles. The van der Waals surface area contributed by atoms with E-state index in [2.05, 4.69) is 19.2 Å². The highest BCUT2D eigenvalue weighted by molar-refractivity contribution is 5.86. The fourth-order valence-corrected chi connectivity index (χ4v) is 6.01. The van der Waals surface area contributed by atoms with E-state index in [-0.39, 0.29) is 18.5 Å². The van der Waals surface area contributed by atoms with Crippen molar-refractivity contribution in [1.29, 1.82) is 0 Å². The maximum atomic E-state index is 12.3. The number of amides is 2. The fourth-order valence-electron chi connectivity index (χ4n) is 6.01. The number of hydrogen-bond acceptors (Lipinski definition) is 4. The lowest BCUT2D eigenvalue weighted by Crippen LogP contribution is -2.47. The van der Waals surface area contributed by atoms with Gasteiger partial charge in [0.2, 0.25) is 11.8 Å². The molecular weight excluding hydrogens is 560 g/mol. The lowest BCUT2D eigenvalue weighted by atomic mass is 10.0. The number of nitrogens with one attached hydrogen (secondary N) is 1.